The third-order valence-electron chi connectivity index (χ3n) is 4.03. The predicted molar refractivity (Wildman–Crippen MR) is 91.3 cm³/mol. The molecule has 0 spiro atoms. The van der Waals surface area contributed by atoms with Gasteiger partial charge in [-0.15, -0.1) is 0 Å². The Kier molecular flexibility index (Phi) is 4.14. The maximum Gasteiger partial charge on any atom is 0.227 e. The molecule has 2 aromatic carbocycles. The summed E-state index contributed by atoms with van der Waals surface area (Å²) in [4.78, 5) is 13.9. The Labute approximate surface area is 132 Å². The number of benzene rings is 2. The van der Waals surface area contributed by atoms with Crippen molar-refractivity contribution in [1.29, 1.82) is 0 Å². The molecule has 1 amide bonds. The van der Waals surface area contributed by atoms with Crippen LogP contribution in [0.5, 0.6) is 0 Å². The Balaban J connectivity index is 1.79. The summed E-state index contributed by atoms with van der Waals surface area (Å²) in [6.45, 7) is 5.82. The second-order valence-corrected chi connectivity index (χ2v) is 6.02. The highest BCUT2D eigenvalue weighted by atomic mass is 16.2. The Morgan fingerprint density at radius 2 is 1.82 bits per heavy atom. The number of para-hydroxylation sites is 2. The molecule has 0 aliphatic carbocycles. The minimum Gasteiger partial charge on any atom is -0.379 e. The zero-order valence-electron chi connectivity index (χ0n) is 13.2. The summed E-state index contributed by atoms with van der Waals surface area (Å²) < 4.78 is 0. The fourth-order valence-electron chi connectivity index (χ4n) is 3.13. The Hall–Kier alpha value is -2.29. The summed E-state index contributed by atoms with van der Waals surface area (Å²) in [6.07, 6.45) is 1.61. The maximum absolute atomic E-state index is 12.0. The van der Waals surface area contributed by atoms with Gasteiger partial charge in [0.1, 0.15) is 0 Å². The normalized spacial score (nSPS) is 14.5. The number of rotatable bonds is 4. The Morgan fingerprint density at radius 1 is 1.09 bits per heavy atom. The molecule has 1 aliphatic rings. The lowest BCUT2D eigenvalue weighted by molar-refractivity contribution is -0.117. The van der Waals surface area contributed by atoms with Gasteiger partial charge in [-0.3, -0.25) is 4.79 Å². The number of anilines is 2. The molecule has 3 rings (SSSR count). The van der Waals surface area contributed by atoms with Gasteiger partial charge in [0, 0.05) is 19.5 Å². The molecule has 0 saturated carbocycles. The van der Waals surface area contributed by atoms with E-state index in [-0.39, 0.29) is 5.91 Å². The number of hydrogen-bond acceptors (Lipinski definition) is 2. The molecule has 1 N–H and O–H groups in total. The van der Waals surface area contributed by atoms with Gasteiger partial charge in [-0.2, -0.15) is 0 Å². The van der Waals surface area contributed by atoms with E-state index in [1.54, 1.807) is 0 Å². The zero-order valence-corrected chi connectivity index (χ0v) is 13.2. The number of aryl methyl sites for hydroxylation is 2. The average molecular weight is 294 g/mol. The van der Waals surface area contributed by atoms with Gasteiger partial charge in [-0.05, 0) is 38.0 Å². The number of carbonyl (C=O) groups is 1. The molecule has 1 fully saturated rings. The van der Waals surface area contributed by atoms with Gasteiger partial charge in [0.05, 0.1) is 11.4 Å². The van der Waals surface area contributed by atoms with E-state index < -0.39 is 0 Å². The van der Waals surface area contributed by atoms with Crippen LogP contribution in [-0.4, -0.2) is 12.5 Å². The minimum atomic E-state index is 0.223. The van der Waals surface area contributed by atoms with Crippen LogP contribution in [0.2, 0.25) is 0 Å². The number of nitrogens with one attached hydrogen (secondary N) is 1. The van der Waals surface area contributed by atoms with Gasteiger partial charge < -0.3 is 10.2 Å². The van der Waals surface area contributed by atoms with Gasteiger partial charge in [-0.1, -0.05) is 41.5 Å². The SMILES string of the molecule is Cc1cc(C)cc(CNc2ccccc2N2CCCC2=O)c1. The van der Waals surface area contributed by atoms with Crippen molar-refractivity contribution in [2.75, 3.05) is 16.8 Å². The predicted octanol–water partition coefficient (Wildman–Crippen LogP) is 4.04. The molecule has 0 atom stereocenters. The minimum absolute atomic E-state index is 0.223. The number of carbonyl (C=O) groups excluding carboxylic acids is 1. The van der Waals surface area contributed by atoms with E-state index in [9.17, 15) is 4.79 Å². The largest absolute Gasteiger partial charge is 0.379 e. The van der Waals surface area contributed by atoms with Crippen molar-refractivity contribution >= 4 is 17.3 Å². The molecule has 3 nitrogen and oxygen atoms in total. The molecule has 22 heavy (non-hydrogen) atoms. The van der Waals surface area contributed by atoms with Crippen LogP contribution < -0.4 is 10.2 Å². The van der Waals surface area contributed by atoms with Crippen LogP contribution in [0.3, 0.4) is 0 Å². The molecule has 0 unspecified atom stereocenters. The molecular formula is C19H22N2O. The first-order valence-corrected chi connectivity index (χ1v) is 7.84. The third-order valence-corrected chi connectivity index (χ3v) is 4.03. The summed E-state index contributed by atoms with van der Waals surface area (Å²) in [6, 6.07) is 14.6. The molecule has 0 aromatic heterocycles. The smallest absolute Gasteiger partial charge is 0.227 e. The van der Waals surface area contributed by atoms with E-state index >= 15 is 0 Å². The van der Waals surface area contributed by atoms with Crippen molar-refractivity contribution in [2.24, 2.45) is 0 Å². The molecule has 3 heteroatoms. The van der Waals surface area contributed by atoms with Gasteiger partial charge in [-0.25, -0.2) is 0 Å². The fourth-order valence-corrected chi connectivity index (χ4v) is 3.13. The van der Waals surface area contributed by atoms with E-state index in [1.807, 2.05) is 29.2 Å². The van der Waals surface area contributed by atoms with Gasteiger partial charge >= 0.3 is 0 Å². The van der Waals surface area contributed by atoms with Crippen LogP contribution >= 0.6 is 0 Å². The number of hydrogen-bond donors (Lipinski definition) is 1. The standard InChI is InChI=1S/C19H22N2O/c1-14-10-15(2)12-16(11-14)13-20-17-6-3-4-7-18(17)21-9-5-8-19(21)22/h3-4,6-7,10-12,20H,5,8-9,13H2,1-2H3. The highest BCUT2D eigenvalue weighted by Gasteiger charge is 2.23. The topological polar surface area (TPSA) is 32.3 Å². The third kappa shape index (κ3) is 3.14. The molecule has 114 valence electrons. The first-order valence-electron chi connectivity index (χ1n) is 7.84. The number of nitrogens with zero attached hydrogens (tertiary/aromatic N) is 1. The highest BCUT2D eigenvalue weighted by Crippen LogP contribution is 2.29. The first kappa shape index (κ1) is 14.6. The van der Waals surface area contributed by atoms with Crippen molar-refractivity contribution in [3.8, 4) is 0 Å². The number of amides is 1. The van der Waals surface area contributed by atoms with E-state index in [4.69, 9.17) is 0 Å². The summed E-state index contributed by atoms with van der Waals surface area (Å²) in [5, 5.41) is 3.49. The van der Waals surface area contributed by atoms with Crippen LogP contribution in [0.1, 0.15) is 29.5 Å². The van der Waals surface area contributed by atoms with E-state index in [0.29, 0.717) is 6.42 Å². The fraction of sp³-hybridized carbons (Fsp3) is 0.316. The second-order valence-electron chi connectivity index (χ2n) is 6.02. The second kappa shape index (κ2) is 6.22. The molecule has 0 bridgehead atoms. The van der Waals surface area contributed by atoms with Crippen LogP contribution in [-0.2, 0) is 11.3 Å². The zero-order chi connectivity index (χ0) is 15.5. The van der Waals surface area contributed by atoms with Gasteiger partial charge in [0.15, 0.2) is 0 Å². The van der Waals surface area contributed by atoms with Gasteiger partial charge in [0.2, 0.25) is 5.91 Å². The summed E-state index contributed by atoms with van der Waals surface area (Å²) in [7, 11) is 0. The lowest BCUT2D eigenvalue weighted by Crippen LogP contribution is -2.24. The van der Waals surface area contributed by atoms with Crippen LogP contribution in [0.25, 0.3) is 0 Å². The molecule has 1 heterocycles. The van der Waals surface area contributed by atoms with Crippen molar-refractivity contribution in [1.82, 2.24) is 0 Å². The summed E-state index contributed by atoms with van der Waals surface area (Å²) >= 11 is 0. The Morgan fingerprint density at radius 3 is 2.50 bits per heavy atom. The Bertz CT molecular complexity index is 673. The lowest BCUT2D eigenvalue weighted by Gasteiger charge is -2.20. The van der Waals surface area contributed by atoms with Crippen molar-refractivity contribution in [2.45, 2.75) is 33.2 Å². The molecule has 2 aromatic rings. The highest BCUT2D eigenvalue weighted by molar-refractivity contribution is 5.98. The van der Waals surface area contributed by atoms with E-state index in [2.05, 4.69) is 37.4 Å². The van der Waals surface area contributed by atoms with Crippen LogP contribution in [0, 0.1) is 13.8 Å². The first-order chi connectivity index (χ1) is 10.6. The summed E-state index contributed by atoms with van der Waals surface area (Å²) in [5.41, 5.74) is 5.84. The van der Waals surface area contributed by atoms with Crippen LogP contribution in [0.15, 0.2) is 42.5 Å². The molecule has 0 radical (unpaired) electrons. The molecule has 1 aliphatic heterocycles. The molecule has 1 saturated heterocycles. The molecular weight excluding hydrogens is 272 g/mol. The van der Waals surface area contributed by atoms with Crippen LogP contribution in [0.4, 0.5) is 11.4 Å². The lowest BCUT2D eigenvalue weighted by atomic mass is 10.1. The average Bonchev–Trinajstić information content (AvgIpc) is 2.90. The maximum atomic E-state index is 12.0. The summed E-state index contributed by atoms with van der Waals surface area (Å²) in [5.74, 6) is 0.223. The van der Waals surface area contributed by atoms with Crippen molar-refractivity contribution < 1.29 is 4.79 Å². The van der Waals surface area contributed by atoms with Gasteiger partial charge in [0.25, 0.3) is 0 Å². The van der Waals surface area contributed by atoms with Crippen molar-refractivity contribution in [3.63, 3.8) is 0 Å². The van der Waals surface area contributed by atoms with E-state index in [1.165, 1.54) is 16.7 Å². The van der Waals surface area contributed by atoms with E-state index in [0.717, 1.165) is 30.9 Å². The monoisotopic (exact) mass is 294 g/mol. The van der Waals surface area contributed by atoms with Crippen molar-refractivity contribution in [3.05, 3.63) is 59.2 Å². The quantitative estimate of drug-likeness (QED) is 0.923.